The molecule has 0 spiro atoms. The summed E-state index contributed by atoms with van der Waals surface area (Å²) >= 11 is 0. The normalized spacial score (nSPS) is 15.9. The molecule has 0 aliphatic carbocycles. The van der Waals surface area contributed by atoms with E-state index in [0.29, 0.717) is 30.6 Å². The molecule has 0 amide bonds. The van der Waals surface area contributed by atoms with Crippen LogP contribution in [0.4, 0.5) is 0 Å². The number of aryl methyl sites for hydroxylation is 1. The van der Waals surface area contributed by atoms with Gasteiger partial charge in [0, 0.05) is 37.5 Å². The zero-order valence-electron chi connectivity index (χ0n) is 15.3. The number of likely N-dealkylation sites (tertiary alicyclic amines) is 1. The summed E-state index contributed by atoms with van der Waals surface area (Å²) in [6.07, 6.45) is 7.13. The number of rotatable bonds is 5. The third-order valence-electron chi connectivity index (χ3n) is 4.95. The third-order valence-corrected chi connectivity index (χ3v) is 4.95. The van der Waals surface area contributed by atoms with E-state index in [1.54, 1.807) is 36.3 Å². The summed E-state index contributed by atoms with van der Waals surface area (Å²) in [7, 11) is 0. The largest absolute Gasteiger partial charge is 0.340 e. The summed E-state index contributed by atoms with van der Waals surface area (Å²) in [5.41, 5.74) is 1.57. The van der Waals surface area contributed by atoms with Crippen molar-refractivity contribution in [3.63, 3.8) is 0 Å². The maximum atomic E-state index is 12.5. The van der Waals surface area contributed by atoms with E-state index in [1.807, 2.05) is 12.1 Å². The van der Waals surface area contributed by atoms with E-state index in [2.05, 4.69) is 25.0 Å². The van der Waals surface area contributed by atoms with Gasteiger partial charge >= 0.3 is 0 Å². The van der Waals surface area contributed by atoms with Crippen LogP contribution < -0.4 is 5.56 Å². The van der Waals surface area contributed by atoms with Crippen molar-refractivity contribution in [1.29, 1.82) is 0 Å². The monoisotopic (exact) mass is 366 g/mol. The van der Waals surface area contributed by atoms with Crippen LogP contribution in [-0.4, -0.2) is 42.7 Å². The van der Waals surface area contributed by atoms with Crippen molar-refractivity contribution >= 4 is 0 Å². The van der Waals surface area contributed by atoms with Crippen molar-refractivity contribution in [2.45, 2.75) is 32.9 Å². The van der Waals surface area contributed by atoms with Crippen molar-refractivity contribution < 1.29 is 4.52 Å². The van der Waals surface area contributed by atoms with Gasteiger partial charge in [0.25, 0.3) is 5.56 Å². The van der Waals surface area contributed by atoms with Crippen molar-refractivity contribution in [1.82, 2.24) is 29.6 Å². The standard InChI is InChI=1S/C19H22N6O2/c1-14-22-18(23-27-14)12-24-8-4-15(5-9-24)11-25-13-21-17(10-19(25)26)16-2-6-20-7-3-16/h2-3,6-7,10,13,15H,4-5,8-9,11-12H2,1H3. The Morgan fingerprint density at radius 3 is 2.67 bits per heavy atom. The zero-order valence-corrected chi connectivity index (χ0v) is 15.3. The quantitative estimate of drug-likeness (QED) is 0.681. The molecular formula is C19H22N6O2. The number of hydrogen-bond donors (Lipinski definition) is 0. The molecule has 1 aliphatic heterocycles. The topological polar surface area (TPSA) is 89.9 Å². The lowest BCUT2D eigenvalue weighted by molar-refractivity contribution is 0.161. The Balaban J connectivity index is 1.34. The van der Waals surface area contributed by atoms with E-state index in [0.717, 1.165) is 37.3 Å². The lowest BCUT2D eigenvalue weighted by atomic mass is 9.96. The molecule has 3 aromatic heterocycles. The lowest BCUT2D eigenvalue weighted by Gasteiger charge is -2.31. The first-order valence-corrected chi connectivity index (χ1v) is 9.16. The summed E-state index contributed by atoms with van der Waals surface area (Å²) in [6, 6.07) is 5.31. The van der Waals surface area contributed by atoms with Crippen LogP contribution in [0.25, 0.3) is 11.3 Å². The van der Waals surface area contributed by atoms with Crippen molar-refractivity contribution in [3.05, 3.63) is 59.0 Å². The lowest BCUT2D eigenvalue weighted by Crippen LogP contribution is -2.36. The fraction of sp³-hybridized carbons (Fsp3) is 0.421. The molecule has 8 nitrogen and oxygen atoms in total. The number of nitrogens with zero attached hydrogens (tertiary/aromatic N) is 6. The van der Waals surface area contributed by atoms with Gasteiger partial charge in [-0.15, -0.1) is 0 Å². The fourth-order valence-corrected chi connectivity index (χ4v) is 3.45. The number of pyridine rings is 1. The van der Waals surface area contributed by atoms with Crippen molar-refractivity contribution in [2.75, 3.05) is 13.1 Å². The van der Waals surface area contributed by atoms with Gasteiger partial charge in [-0.2, -0.15) is 4.98 Å². The SMILES string of the molecule is Cc1nc(CN2CCC(Cn3cnc(-c4ccncc4)cc3=O)CC2)no1. The van der Waals surface area contributed by atoms with Crippen LogP contribution in [0.1, 0.15) is 24.6 Å². The van der Waals surface area contributed by atoms with Gasteiger partial charge in [0.15, 0.2) is 5.82 Å². The van der Waals surface area contributed by atoms with Gasteiger partial charge in [0.1, 0.15) is 0 Å². The summed E-state index contributed by atoms with van der Waals surface area (Å²) < 4.78 is 6.74. The molecule has 8 heteroatoms. The van der Waals surface area contributed by atoms with Gasteiger partial charge in [0.05, 0.1) is 18.6 Å². The van der Waals surface area contributed by atoms with Crippen LogP contribution in [-0.2, 0) is 13.1 Å². The van der Waals surface area contributed by atoms with Crippen LogP contribution in [0.15, 0.2) is 46.2 Å². The first-order valence-electron chi connectivity index (χ1n) is 9.16. The van der Waals surface area contributed by atoms with Crippen LogP contribution in [0.5, 0.6) is 0 Å². The second kappa shape index (κ2) is 7.79. The van der Waals surface area contributed by atoms with Gasteiger partial charge in [0.2, 0.25) is 5.89 Å². The van der Waals surface area contributed by atoms with E-state index >= 15 is 0 Å². The number of piperidine rings is 1. The second-order valence-electron chi connectivity index (χ2n) is 6.95. The molecule has 3 aromatic rings. The summed E-state index contributed by atoms with van der Waals surface area (Å²) in [5, 5.41) is 3.96. The van der Waals surface area contributed by atoms with Crippen LogP contribution in [0.3, 0.4) is 0 Å². The average molecular weight is 366 g/mol. The molecule has 4 rings (SSSR count). The fourth-order valence-electron chi connectivity index (χ4n) is 3.45. The molecule has 0 radical (unpaired) electrons. The summed E-state index contributed by atoms with van der Waals surface area (Å²) in [4.78, 5) is 27.5. The highest BCUT2D eigenvalue weighted by atomic mass is 16.5. The predicted octanol–water partition coefficient (Wildman–Crippen LogP) is 1.91. The highest BCUT2D eigenvalue weighted by molar-refractivity contribution is 5.57. The van der Waals surface area contributed by atoms with E-state index in [9.17, 15) is 4.79 Å². The summed E-state index contributed by atoms with van der Waals surface area (Å²) in [6.45, 7) is 5.16. The van der Waals surface area contributed by atoms with Gasteiger partial charge in [-0.3, -0.25) is 19.2 Å². The number of aromatic nitrogens is 5. The van der Waals surface area contributed by atoms with Gasteiger partial charge in [-0.05, 0) is 44.0 Å². The predicted molar refractivity (Wildman–Crippen MR) is 98.8 cm³/mol. The summed E-state index contributed by atoms with van der Waals surface area (Å²) in [5.74, 6) is 1.81. The first kappa shape index (κ1) is 17.5. The van der Waals surface area contributed by atoms with Crippen LogP contribution >= 0.6 is 0 Å². The molecule has 0 saturated carbocycles. The van der Waals surface area contributed by atoms with E-state index in [1.165, 1.54) is 0 Å². The minimum absolute atomic E-state index is 0.0125. The minimum atomic E-state index is -0.0125. The average Bonchev–Trinajstić information content (AvgIpc) is 3.10. The zero-order chi connectivity index (χ0) is 18.6. The molecule has 0 atom stereocenters. The molecule has 0 N–H and O–H groups in total. The Morgan fingerprint density at radius 2 is 2.00 bits per heavy atom. The van der Waals surface area contributed by atoms with Crippen LogP contribution in [0, 0.1) is 12.8 Å². The smallest absolute Gasteiger partial charge is 0.253 e. The molecular weight excluding hydrogens is 344 g/mol. The van der Waals surface area contributed by atoms with Crippen molar-refractivity contribution in [2.24, 2.45) is 5.92 Å². The second-order valence-corrected chi connectivity index (χ2v) is 6.95. The molecule has 1 aliphatic rings. The van der Waals surface area contributed by atoms with Crippen molar-refractivity contribution in [3.8, 4) is 11.3 Å². The Morgan fingerprint density at radius 1 is 1.22 bits per heavy atom. The minimum Gasteiger partial charge on any atom is -0.340 e. The highest BCUT2D eigenvalue weighted by Crippen LogP contribution is 2.20. The molecule has 140 valence electrons. The molecule has 1 saturated heterocycles. The Hall–Kier alpha value is -2.87. The van der Waals surface area contributed by atoms with E-state index in [4.69, 9.17) is 4.52 Å². The molecule has 27 heavy (non-hydrogen) atoms. The molecule has 0 aromatic carbocycles. The Kier molecular flexibility index (Phi) is 5.06. The van der Waals surface area contributed by atoms with Gasteiger partial charge in [-0.1, -0.05) is 5.16 Å². The third kappa shape index (κ3) is 4.28. The molecule has 1 fully saturated rings. The Labute approximate surface area is 156 Å². The molecule has 0 bridgehead atoms. The van der Waals surface area contributed by atoms with Gasteiger partial charge < -0.3 is 4.52 Å². The van der Waals surface area contributed by atoms with Crippen LogP contribution in [0.2, 0.25) is 0 Å². The molecule has 0 unspecified atom stereocenters. The Bertz CT molecular complexity index is 944. The molecule has 4 heterocycles. The van der Waals surface area contributed by atoms with Gasteiger partial charge in [-0.25, -0.2) is 4.98 Å². The maximum absolute atomic E-state index is 12.5. The highest BCUT2D eigenvalue weighted by Gasteiger charge is 2.21. The first-order chi connectivity index (χ1) is 13.2. The van der Waals surface area contributed by atoms with E-state index in [-0.39, 0.29) is 5.56 Å². The van der Waals surface area contributed by atoms with E-state index < -0.39 is 0 Å². The number of hydrogen-bond acceptors (Lipinski definition) is 7. The maximum Gasteiger partial charge on any atom is 0.253 e.